The van der Waals surface area contributed by atoms with E-state index in [4.69, 9.17) is 4.74 Å². The molecule has 0 amide bonds. The summed E-state index contributed by atoms with van der Waals surface area (Å²) in [5.74, 6) is 1.91. The molecule has 0 radical (unpaired) electrons. The molecular weight excluding hydrogens is 230 g/mol. The molecule has 0 saturated heterocycles. The van der Waals surface area contributed by atoms with Crippen molar-refractivity contribution < 1.29 is 4.74 Å². The van der Waals surface area contributed by atoms with Gasteiger partial charge in [0, 0.05) is 30.8 Å². The lowest BCUT2D eigenvalue weighted by Crippen LogP contribution is -2.38. The maximum atomic E-state index is 5.18. The largest absolute Gasteiger partial charge is 0.385 e. The van der Waals surface area contributed by atoms with E-state index in [-0.39, 0.29) is 0 Å². The number of methoxy groups -OCH3 is 1. The fourth-order valence-corrected chi connectivity index (χ4v) is 2.86. The van der Waals surface area contributed by atoms with Gasteiger partial charge in [0.1, 0.15) is 0 Å². The number of nitrogens with one attached hydrogen (secondary N) is 1. The summed E-state index contributed by atoms with van der Waals surface area (Å²) in [6.07, 6.45) is 3.62. The van der Waals surface area contributed by atoms with Gasteiger partial charge in [0.15, 0.2) is 0 Å². The normalized spacial score (nSPS) is 16.8. The van der Waals surface area contributed by atoms with Crippen molar-refractivity contribution in [2.75, 3.05) is 26.0 Å². The van der Waals surface area contributed by atoms with Crippen LogP contribution in [0.4, 0.5) is 0 Å². The predicted molar refractivity (Wildman–Crippen MR) is 79.9 cm³/mol. The molecule has 3 heteroatoms. The Morgan fingerprint density at radius 1 is 1.24 bits per heavy atom. The van der Waals surface area contributed by atoms with Gasteiger partial charge < -0.3 is 10.1 Å². The molecule has 104 valence electrons. The van der Waals surface area contributed by atoms with Crippen LogP contribution in [0.15, 0.2) is 0 Å². The Bertz CT molecular complexity index is 166. The van der Waals surface area contributed by atoms with Crippen molar-refractivity contribution in [1.82, 2.24) is 5.32 Å². The second-order valence-electron chi connectivity index (χ2n) is 4.87. The van der Waals surface area contributed by atoms with Crippen LogP contribution in [-0.4, -0.2) is 37.3 Å². The second-order valence-corrected chi connectivity index (χ2v) is 6.34. The van der Waals surface area contributed by atoms with Crippen LogP contribution in [-0.2, 0) is 4.74 Å². The first-order valence-corrected chi connectivity index (χ1v) is 8.04. The van der Waals surface area contributed by atoms with E-state index in [0.29, 0.717) is 12.0 Å². The minimum Gasteiger partial charge on any atom is -0.385 e. The topological polar surface area (TPSA) is 21.3 Å². The molecule has 0 rings (SSSR count). The quantitative estimate of drug-likeness (QED) is 0.614. The van der Waals surface area contributed by atoms with Gasteiger partial charge >= 0.3 is 0 Å². The molecule has 1 N–H and O–H groups in total. The van der Waals surface area contributed by atoms with Crippen molar-refractivity contribution in [1.29, 1.82) is 0 Å². The van der Waals surface area contributed by atoms with Crippen LogP contribution in [0, 0.1) is 5.92 Å². The van der Waals surface area contributed by atoms with E-state index in [9.17, 15) is 0 Å². The molecule has 3 atom stereocenters. The molecule has 0 spiro atoms. The van der Waals surface area contributed by atoms with Crippen LogP contribution < -0.4 is 5.32 Å². The van der Waals surface area contributed by atoms with Gasteiger partial charge in [-0.25, -0.2) is 0 Å². The fourth-order valence-electron chi connectivity index (χ4n) is 1.64. The van der Waals surface area contributed by atoms with Crippen molar-refractivity contribution in [3.05, 3.63) is 0 Å². The summed E-state index contributed by atoms with van der Waals surface area (Å²) in [5, 5.41) is 4.45. The molecule has 0 aromatic rings. The fraction of sp³-hybridized carbons (Fsp3) is 1.00. The first kappa shape index (κ1) is 17.3. The zero-order valence-electron chi connectivity index (χ0n) is 12.3. The standard InChI is InChI=1S/C14H31NOS/c1-6-9-15-14(11-17-13(4)7-2)12(3)8-10-16-5/h12-15H,6-11H2,1-5H3. The Morgan fingerprint density at radius 2 is 1.94 bits per heavy atom. The average Bonchev–Trinajstić information content (AvgIpc) is 2.35. The summed E-state index contributed by atoms with van der Waals surface area (Å²) in [6.45, 7) is 11.2. The van der Waals surface area contributed by atoms with E-state index < -0.39 is 0 Å². The highest BCUT2D eigenvalue weighted by atomic mass is 32.2. The number of hydrogen-bond acceptors (Lipinski definition) is 3. The van der Waals surface area contributed by atoms with Crippen LogP contribution in [0.5, 0.6) is 0 Å². The smallest absolute Gasteiger partial charge is 0.0465 e. The zero-order valence-corrected chi connectivity index (χ0v) is 13.1. The third-order valence-corrected chi connectivity index (χ3v) is 4.71. The summed E-state index contributed by atoms with van der Waals surface area (Å²) >= 11 is 2.09. The van der Waals surface area contributed by atoms with Crippen LogP contribution in [0.25, 0.3) is 0 Å². The third-order valence-electron chi connectivity index (χ3n) is 3.26. The molecular formula is C14H31NOS. The molecule has 0 aliphatic heterocycles. The minimum absolute atomic E-state index is 0.629. The van der Waals surface area contributed by atoms with Gasteiger partial charge in [0.05, 0.1) is 0 Å². The van der Waals surface area contributed by atoms with Crippen molar-refractivity contribution in [2.24, 2.45) is 5.92 Å². The number of ether oxygens (including phenoxy) is 1. The maximum Gasteiger partial charge on any atom is 0.0465 e. The minimum atomic E-state index is 0.629. The summed E-state index contributed by atoms with van der Waals surface area (Å²) in [5.41, 5.74) is 0. The number of rotatable bonds is 11. The molecule has 0 fully saturated rings. The highest BCUT2D eigenvalue weighted by Crippen LogP contribution is 2.19. The van der Waals surface area contributed by atoms with Gasteiger partial charge in [0.25, 0.3) is 0 Å². The highest BCUT2D eigenvalue weighted by molar-refractivity contribution is 7.99. The van der Waals surface area contributed by atoms with Crippen LogP contribution in [0.1, 0.15) is 47.0 Å². The van der Waals surface area contributed by atoms with Crippen LogP contribution >= 0.6 is 11.8 Å². The van der Waals surface area contributed by atoms with Gasteiger partial charge in [-0.2, -0.15) is 11.8 Å². The number of thioether (sulfide) groups is 1. The van der Waals surface area contributed by atoms with Crippen molar-refractivity contribution in [3.8, 4) is 0 Å². The summed E-state index contributed by atoms with van der Waals surface area (Å²) in [4.78, 5) is 0. The van der Waals surface area contributed by atoms with E-state index in [1.165, 1.54) is 18.6 Å². The van der Waals surface area contributed by atoms with E-state index in [1.807, 2.05) is 0 Å². The lowest BCUT2D eigenvalue weighted by Gasteiger charge is -2.26. The Morgan fingerprint density at radius 3 is 2.47 bits per heavy atom. The van der Waals surface area contributed by atoms with Gasteiger partial charge in [0.2, 0.25) is 0 Å². The van der Waals surface area contributed by atoms with Crippen molar-refractivity contribution in [3.63, 3.8) is 0 Å². The second kappa shape index (κ2) is 11.4. The van der Waals surface area contributed by atoms with Gasteiger partial charge in [-0.05, 0) is 31.7 Å². The van der Waals surface area contributed by atoms with Gasteiger partial charge in [-0.15, -0.1) is 0 Å². The Balaban J connectivity index is 4.01. The molecule has 0 aromatic carbocycles. The molecule has 0 aliphatic rings. The molecule has 0 saturated carbocycles. The molecule has 3 unspecified atom stereocenters. The lowest BCUT2D eigenvalue weighted by atomic mass is 10.00. The molecule has 0 aromatic heterocycles. The lowest BCUT2D eigenvalue weighted by molar-refractivity contribution is 0.172. The summed E-state index contributed by atoms with van der Waals surface area (Å²) < 4.78 is 5.18. The monoisotopic (exact) mass is 261 g/mol. The molecule has 17 heavy (non-hydrogen) atoms. The first-order valence-electron chi connectivity index (χ1n) is 6.99. The zero-order chi connectivity index (χ0) is 13.1. The Hall–Kier alpha value is 0.270. The maximum absolute atomic E-state index is 5.18. The van der Waals surface area contributed by atoms with Gasteiger partial charge in [-0.1, -0.05) is 27.7 Å². The molecule has 0 bridgehead atoms. The highest BCUT2D eigenvalue weighted by Gasteiger charge is 2.17. The van der Waals surface area contributed by atoms with Crippen LogP contribution in [0.3, 0.4) is 0 Å². The van der Waals surface area contributed by atoms with E-state index >= 15 is 0 Å². The predicted octanol–water partition coefficient (Wildman–Crippen LogP) is 3.56. The summed E-state index contributed by atoms with van der Waals surface area (Å²) in [7, 11) is 1.79. The summed E-state index contributed by atoms with van der Waals surface area (Å²) in [6, 6.07) is 0.629. The van der Waals surface area contributed by atoms with E-state index in [0.717, 1.165) is 24.8 Å². The Labute approximate surface area is 112 Å². The SMILES string of the molecule is CCCNC(CSC(C)CC)C(C)CCOC. The Kier molecular flexibility index (Phi) is 11.5. The van der Waals surface area contributed by atoms with E-state index in [2.05, 4.69) is 44.8 Å². The molecule has 0 heterocycles. The van der Waals surface area contributed by atoms with Crippen molar-refractivity contribution in [2.45, 2.75) is 58.2 Å². The third kappa shape index (κ3) is 8.92. The van der Waals surface area contributed by atoms with Gasteiger partial charge in [-0.3, -0.25) is 0 Å². The molecule has 2 nitrogen and oxygen atoms in total. The van der Waals surface area contributed by atoms with Crippen molar-refractivity contribution >= 4 is 11.8 Å². The molecule has 0 aliphatic carbocycles. The average molecular weight is 261 g/mol. The number of hydrogen-bond donors (Lipinski definition) is 1. The van der Waals surface area contributed by atoms with E-state index in [1.54, 1.807) is 7.11 Å². The first-order chi connectivity index (χ1) is 8.15. The van der Waals surface area contributed by atoms with Crippen LogP contribution in [0.2, 0.25) is 0 Å².